The third-order valence-corrected chi connectivity index (χ3v) is 2.25. The zero-order chi connectivity index (χ0) is 12.1. The molecule has 5 nitrogen and oxygen atoms in total. The van der Waals surface area contributed by atoms with Gasteiger partial charge < -0.3 is 5.32 Å². The van der Waals surface area contributed by atoms with Gasteiger partial charge in [0.25, 0.3) is 5.91 Å². The molecule has 0 aliphatic rings. The molecule has 0 aromatic carbocycles. The van der Waals surface area contributed by atoms with Crippen molar-refractivity contribution in [3.8, 4) is 6.07 Å². The first-order valence-electron chi connectivity index (χ1n) is 4.37. The molecule has 0 saturated heterocycles. The van der Waals surface area contributed by atoms with Crippen LogP contribution in [0.3, 0.4) is 0 Å². The quantitative estimate of drug-likeness (QED) is 0.852. The molecule has 1 amide bonds. The van der Waals surface area contributed by atoms with E-state index in [1.165, 1.54) is 13.1 Å². The Morgan fingerprint density at radius 2 is 2.25 bits per heavy atom. The van der Waals surface area contributed by atoms with E-state index in [9.17, 15) is 9.59 Å². The van der Waals surface area contributed by atoms with Gasteiger partial charge in [-0.1, -0.05) is 0 Å². The van der Waals surface area contributed by atoms with Crippen molar-refractivity contribution in [3.05, 3.63) is 22.8 Å². The van der Waals surface area contributed by atoms with E-state index in [1.807, 2.05) is 0 Å². The van der Waals surface area contributed by atoms with Crippen LogP contribution in [0.25, 0.3) is 0 Å². The zero-order valence-electron chi connectivity index (χ0n) is 8.40. The summed E-state index contributed by atoms with van der Waals surface area (Å²) in [5.41, 5.74) is 0. The molecule has 0 spiro atoms. The van der Waals surface area contributed by atoms with Gasteiger partial charge in [-0.05, 0) is 35.0 Å². The molecule has 1 heterocycles. The average Bonchev–Trinajstić information content (AvgIpc) is 2.22. The normalized spacial score (nSPS) is 11.3. The summed E-state index contributed by atoms with van der Waals surface area (Å²) < 4.78 is 0.772. The summed E-state index contributed by atoms with van der Waals surface area (Å²) in [6.45, 7) is 1.20. The first-order valence-corrected chi connectivity index (χ1v) is 5.16. The predicted molar refractivity (Wildman–Crippen MR) is 60.4 cm³/mol. The Morgan fingerprint density at radius 3 is 2.69 bits per heavy atom. The van der Waals surface area contributed by atoms with E-state index in [-0.39, 0.29) is 0 Å². The highest BCUT2D eigenvalue weighted by Crippen LogP contribution is 2.11. The van der Waals surface area contributed by atoms with Crippen LogP contribution in [0.1, 0.15) is 6.92 Å². The van der Waals surface area contributed by atoms with Gasteiger partial charge >= 0.3 is 0 Å². The van der Waals surface area contributed by atoms with E-state index < -0.39 is 17.6 Å². The van der Waals surface area contributed by atoms with Gasteiger partial charge in [-0.25, -0.2) is 4.98 Å². The van der Waals surface area contributed by atoms with Crippen LogP contribution in [0.5, 0.6) is 0 Å². The van der Waals surface area contributed by atoms with Gasteiger partial charge in [0.15, 0.2) is 11.7 Å². The van der Waals surface area contributed by atoms with E-state index in [4.69, 9.17) is 5.26 Å². The lowest BCUT2D eigenvalue weighted by Gasteiger charge is -2.06. The second-order valence-electron chi connectivity index (χ2n) is 3.02. The van der Waals surface area contributed by atoms with Gasteiger partial charge in [0.2, 0.25) is 0 Å². The summed E-state index contributed by atoms with van der Waals surface area (Å²) in [5, 5.41) is 11.0. The van der Waals surface area contributed by atoms with Gasteiger partial charge in [-0.2, -0.15) is 5.26 Å². The fraction of sp³-hybridized carbons (Fsp3) is 0.200. The number of halogens is 1. The minimum Gasteiger partial charge on any atom is -0.309 e. The van der Waals surface area contributed by atoms with Crippen molar-refractivity contribution in [2.45, 2.75) is 6.92 Å². The Balaban J connectivity index is 2.75. The van der Waals surface area contributed by atoms with Crippen molar-refractivity contribution in [3.63, 3.8) is 0 Å². The number of nitriles is 1. The van der Waals surface area contributed by atoms with Crippen LogP contribution in [0.2, 0.25) is 0 Å². The molecular formula is C10H8BrN3O2. The van der Waals surface area contributed by atoms with Crippen LogP contribution in [0.4, 0.5) is 5.82 Å². The van der Waals surface area contributed by atoms with E-state index in [2.05, 4.69) is 26.2 Å². The van der Waals surface area contributed by atoms with Crippen LogP contribution >= 0.6 is 15.9 Å². The third-order valence-electron chi connectivity index (χ3n) is 1.78. The Bertz CT molecular complexity index is 450. The number of hydrogen-bond acceptors (Lipinski definition) is 4. The van der Waals surface area contributed by atoms with Gasteiger partial charge in [0.05, 0.1) is 6.07 Å². The van der Waals surface area contributed by atoms with E-state index >= 15 is 0 Å². The molecule has 6 heteroatoms. The zero-order valence-corrected chi connectivity index (χ0v) is 9.98. The maximum absolute atomic E-state index is 11.5. The maximum atomic E-state index is 11.5. The van der Waals surface area contributed by atoms with E-state index in [0.717, 1.165) is 4.47 Å². The van der Waals surface area contributed by atoms with Crippen molar-refractivity contribution in [2.24, 2.45) is 5.92 Å². The largest absolute Gasteiger partial charge is 0.309 e. The second-order valence-corrected chi connectivity index (χ2v) is 3.94. The van der Waals surface area contributed by atoms with Gasteiger partial charge in [0, 0.05) is 10.7 Å². The average molecular weight is 282 g/mol. The second kappa shape index (κ2) is 5.37. The molecule has 0 saturated carbocycles. The van der Waals surface area contributed by atoms with Crippen LogP contribution in [0, 0.1) is 17.2 Å². The first-order chi connectivity index (χ1) is 7.54. The molecule has 1 rings (SSSR count). The van der Waals surface area contributed by atoms with E-state index in [0.29, 0.717) is 5.82 Å². The monoisotopic (exact) mass is 281 g/mol. The number of carbonyl (C=O) groups is 2. The number of amides is 1. The molecule has 1 atom stereocenters. The maximum Gasteiger partial charge on any atom is 0.250 e. The summed E-state index contributed by atoms with van der Waals surface area (Å²) in [7, 11) is 0. The van der Waals surface area contributed by atoms with E-state index in [1.54, 1.807) is 18.2 Å². The number of nitrogens with zero attached hydrogens (tertiary/aromatic N) is 2. The Morgan fingerprint density at radius 1 is 1.56 bits per heavy atom. The van der Waals surface area contributed by atoms with Crippen molar-refractivity contribution in [2.75, 3.05) is 5.32 Å². The van der Waals surface area contributed by atoms with Gasteiger partial charge in [-0.15, -0.1) is 0 Å². The number of rotatable bonds is 3. The highest BCUT2D eigenvalue weighted by Gasteiger charge is 2.22. The molecule has 1 unspecified atom stereocenters. The summed E-state index contributed by atoms with van der Waals surface area (Å²) >= 11 is 3.20. The van der Waals surface area contributed by atoms with Crippen LogP contribution in [-0.2, 0) is 9.59 Å². The molecule has 16 heavy (non-hydrogen) atoms. The molecule has 1 aromatic rings. The number of aromatic nitrogens is 1. The third kappa shape index (κ3) is 3.14. The minimum absolute atomic E-state index is 0.301. The van der Waals surface area contributed by atoms with Crippen molar-refractivity contribution < 1.29 is 9.59 Å². The smallest absolute Gasteiger partial charge is 0.250 e. The molecule has 0 bridgehead atoms. The Kier molecular flexibility index (Phi) is 4.14. The Labute approximate surface area is 101 Å². The number of nitrogens with one attached hydrogen (secondary N) is 1. The SMILES string of the molecule is CC(=O)C(C#N)C(=O)Nc1ccc(Br)cn1. The van der Waals surface area contributed by atoms with Crippen molar-refractivity contribution >= 4 is 33.4 Å². The summed E-state index contributed by atoms with van der Waals surface area (Å²) in [6, 6.07) is 4.89. The number of Topliss-reactive ketones (excluding diaryl/α,β-unsaturated/α-hetero) is 1. The lowest BCUT2D eigenvalue weighted by Crippen LogP contribution is -2.27. The van der Waals surface area contributed by atoms with Crippen molar-refractivity contribution in [1.29, 1.82) is 5.26 Å². The van der Waals surface area contributed by atoms with Crippen LogP contribution in [-0.4, -0.2) is 16.7 Å². The molecule has 82 valence electrons. The van der Waals surface area contributed by atoms with Gasteiger partial charge in [0.1, 0.15) is 5.82 Å². The molecule has 0 aliphatic heterocycles. The number of carbonyl (C=O) groups excluding carboxylic acids is 2. The minimum atomic E-state index is -1.29. The molecule has 1 aromatic heterocycles. The molecule has 0 aliphatic carbocycles. The van der Waals surface area contributed by atoms with Gasteiger partial charge in [-0.3, -0.25) is 9.59 Å². The highest BCUT2D eigenvalue weighted by atomic mass is 79.9. The standard InChI is InChI=1S/C10H8BrN3O2/c1-6(15)8(4-12)10(16)14-9-3-2-7(11)5-13-9/h2-3,5,8H,1H3,(H,13,14,16). The fourth-order valence-electron chi connectivity index (χ4n) is 0.982. The molecular weight excluding hydrogens is 274 g/mol. The number of ketones is 1. The number of anilines is 1. The summed E-state index contributed by atoms with van der Waals surface area (Å²) in [5.74, 6) is -2.14. The lowest BCUT2D eigenvalue weighted by molar-refractivity contribution is -0.127. The lowest BCUT2D eigenvalue weighted by atomic mass is 10.1. The molecule has 1 N–H and O–H groups in total. The topological polar surface area (TPSA) is 82.8 Å². The first kappa shape index (κ1) is 12.3. The van der Waals surface area contributed by atoms with Crippen LogP contribution < -0.4 is 5.32 Å². The predicted octanol–water partition coefficient (Wildman–Crippen LogP) is 1.51. The highest BCUT2D eigenvalue weighted by molar-refractivity contribution is 9.10. The molecule has 0 radical (unpaired) electrons. The fourth-order valence-corrected chi connectivity index (χ4v) is 1.22. The number of hydrogen-bond donors (Lipinski definition) is 1. The Hall–Kier alpha value is -1.74. The number of pyridine rings is 1. The summed E-state index contributed by atoms with van der Waals surface area (Å²) in [4.78, 5) is 26.3. The van der Waals surface area contributed by atoms with Crippen molar-refractivity contribution in [1.82, 2.24) is 4.98 Å². The molecule has 0 fully saturated rings. The summed E-state index contributed by atoms with van der Waals surface area (Å²) in [6.07, 6.45) is 1.50. The van der Waals surface area contributed by atoms with Crippen LogP contribution in [0.15, 0.2) is 22.8 Å².